The van der Waals surface area contributed by atoms with Crippen LogP contribution in [-0.4, -0.2) is 37.6 Å². The van der Waals surface area contributed by atoms with Crippen LogP contribution in [0, 0.1) is 0 Å². The molecule has 0 aromatic heterocycles. The molecule has 0 saturated carbocycles. The standard InChI is InChI=1S/C7H13ClN2/c8-2-1-5-10-6-3-9-4-7-10/h1-2,9H,3-7H2. The molecule has 0 unspecified atom stereocenters. The zero-order chi connectivity index (χ0) is 7.23. The van der Waals surface area contributed by atoms with Crippen molar-refractivity contribution in [3.63, 3.8) is 0 Å². The van der Waals surface area contributed by atoms with Gasteiger partial charge in [0.15, 0.2) is 0 Å². The van der Waals surface area contributed by atoms with Crippen molar-refractivity contribution < 1.29 is 0 Å². The third-order valence-electron chi connectivity index (χ3n) is 1.66. The van der Waals surface area contributed by atoms with Gasteiger partial charge in [-0.05, 0) is 0 Å². The maximum absolute atomic E-state index is 5.40. The topological polar surface area (TPSA) is 15.3 Å². The molecule has 10 heavy (non-hydrogen) atoms. The molecule has 1 fully saturated rings. The minimum absolute atomic E-state index is 0.991. The van der Waals surface area contributed by atoms with Crippen LogP contribution in [0.5, 0.6) is 0 Å². The lowest BCUT2D eigenvalue weighted by Crippen LogP contribution is -2.43. The fourth-order valence-electron chi connectivity index (χ4n) is 1.08. The highest BCUT2D eigenvalue weighted by molar-refractivity contribution is 6.25. The van der Waals surface area contributed by atoms with Gasteiger partial charge in [-0.15, -0.1) is 0 Å². The van der Waals surface area contributed by atoms with Crippen LogP contribution in [0.25, 0.3) is 0 Å². The van der Waals surface area contributed by atoms with Crippen molar-refractivity contribution in [1.82, 2.24) is 10.2 Å². The molecule has 58 valence electrons. The number of piperazine rings is 1. The van der Waals surface area contributed by atoms with Gasteiger partial charge in [0, 0.05) is 38.3 Å². The SMILES string of the molecule is ClC=CCN1CCNCC1. The molecule has 0 aromatic rings. The molecule has 1 saturated heterocycles. The number of nitrogens with zero attached hydrogens (tertiary/aromatic N) is 1. The minimum Gasteiger partial charge on any atom is -0.314 e. The molecule has 1 aliphatic heterocycles. The molecule has 1 heterocycles. The van der Waals surface area contributed by atoms with Gasteiger partial charge < -0.3 is 5.32 Å². The highest BCUT2D eigenvalue weighted by Gasteiger charge is 2.05. The van der Waals surface area contributed by atoms with E-state index in [-0.39, 0.29) is 0 Å². The second-order valence-electron chi connectivity index (χ2n) is 2.41. The number of halogens is 1. The van der Waals surface area contributed by atoms with E-state index in [2.05, 4.69) is 10.2 Å². The largest absolute Gasteiger partial charge is 0.314 e. The second-order valence-corrected chi connectivity index (χ2v) is 2.66. The van der Waals surface area contributed by atoms with Crippen molar-refractivity contribution in [3.05, 3.63) is 11.6 Å². The van der Waals surface area contributed by atoms with Crippen LogP contribution in [0.15, 0.2) is 11.6 Å². The second kappa shape index (κ2) is 4.72. The predicted molar refractivity (Wildman–Crippen MR) is 44.3 cm³/mol. The summed E-state index contributed by atoms with van der Waals surface area (Å²) in [6, 6.07) is 0. The van der Waals surface area contributed by atoms with Crippen LogP contribution < -0.4 is 5.32 Å². The van der Waals surface area contributed by atoms with Gasteiger partial charge in [-0.1, -0.05) is 17.7 Å². The first-order valence-corrected chi connectivity index (χ1v) is 4.05. The number of rotatable bonds is 2. The van der Waals surface area contributed by atoms with Crippen molar-refractivity contribution in [1.29, 1.82) is 0 Å². The summed E-state index contributed by atoms with van der Waals surface area (Å²) < 4.78 is 0. The zero-order valence-electron chi connectivity index (χ0n) is 6.02. The quantitative estimate of drug-likeness (QED) is 0.638. The Morgan fingerprint density at radius 1 is 1.40 bits per heavy atom. The molecule has 1 rings (SSSR count). The lowest BCUT2D eigenvalue weighted by atomic mass is 10.3. The Hall–Kier alpha value is -0.0500. The lowest BCUT2D eigenvalue weighted by molar-refractivity contribution is 0.265. The first-order valence-electron chi connectivity index (χ1n) is 3.62. The van der Waals surface area contributed by atoms with E-state index in [9.17, 15) is 0 Å². The Balaban J connectivity index is 2.13. The lowest BCUT2D eigenvalue weighted by Gasteiger charge is -2.25. The monoisotopic (exact) mass is 160 g/mol. The van der Waals surface area contributed by atoms with Gasteiger partial charge in [0.2, 0.25) is 0 Å². The molecule has 3 heteroatoms. The molecular formula is C7H13ClN2. The average Bonchev–Trinajstić information content (AvgIpc) is 2.03. The smallest absolute Gasteiger partial charge is 0.0175 e. The van der Waals surface area contributed by atoms with Gasteiger partial charge in [-0.3, -0.25) is 4.90 Å². The van der Waals surface area contributed by atoms with E-state index in [0.717, 1.165) is 32.7 Å². The summed E-state index contributed by atoms with van der Waals surface area (Å²) in [6.45, 7) is 5.49. The Kier molecular flexibility index (Phi) is 3.80. The van der Waals surface area contributed by atoms with Gasteiger partial charge in [0.1, 0.15) is 0 Å². The molecule has 0 radical (unpaired) electrons. The van der Waals surface area contributed by atoms with E-state index in [1.165, 1.54) is 0 Å². The third-order valence-corrected chi connectivity index (χ3v) is 1.84. The number of hydrogen-bond donors (Lipinski definition) is 1. The van der Waals surface area contributed by atoms with Crippen LogP contribution in [0.3, 0.4) is 0 Å². The van der Waals surface area contributed by atoms with E-state index in [1.54, 1.807) is 5.54 Å². The van der Waals surface area contributed by atoms with Gasteiger partial charge in [-0.25, -0.2) is 0 Å². The summed E-state index contributed by atoms with van der Waals surface area (Å²) in [7, 11) is 0. The number of hydrogen-bond acceptors (Lipinski definition) is 2. The fourth-order valence-corrected chi connectivity index (χ4v) is 1.16. The minimum atomic E-state index is 0.991. The van der Waals surface area contributed by atoms with Crippen LogP contribution in [0.1, 0.15) is 0 Å². The molecule has 0 amide bonds. The van der Waals surface area contributed by atoms with Crippen molar-refractivity contribution in [2.45, 2.75) is 0 Å². The molecule has 0 bridgehead atoms. The van der Waals surface area contributed by atoms with Crippen molar-refractivity contribution >= 4 is 11.6 Å². The molecule has 0 aromatic carbocycles. The Bertz CT molecular complexity index is 108. The van der Waals surface area contributed by atoms with Crippen LogP contribution in [-0.2, 0) is 0 Å². The summed E-state index contributed by atoms with van der Waals surface area (Å²) in [4.78, 5) is 2.37. The van der Waals surface area contributed by atoms with Crippen LogP contribution in [0.2, 0.25) is 0 Å². The summed E-state index contributed by atoms with van der Waals surface area (Å²) >= 11 is 5.40. The van der Waals surface area contributed by atoms with Gasteiger partial charge in [-0.2, -0.15) is 0 Å². The normalized spacial score (nSPS) is 22.1. The molecule has 0 aliphatic carbocycles. The summed E-state index contributed by atoms with van der Waals surface area (Å²) in [6.07, 6.45) is 1.98. The molecule has 1 aliphatic rings. The molecule has 1 N–H and O–H groups in total. The van der Waals surface area contributed by atoms with Crippen molar-refractivity contribution in [2.24, 2.45) is 0 Å². The fraction of sp³-hybridized carbons (Fsp3) is 0.714. The molecule has 0 spiro atoms. The third kappa shape index (κ3) is 2.69. The first kappa shape index (κ1) is 8.05. The maximum atomic E-state index is 5.40. The van der Waals surface area contributed by atoms with Crippen LogP contribution in [0.4, 0.5) is 0 Å². The molecule has 0 atom stereocenters. The first-order chi connectivity index (χ1) is 4.93. The summed E-state index contributed by atoms with van der Waals surface area (Å²) in [5, 5.41) is 3.29. The van der Waals surface area contributed by atoms with Crippen molar-refractivity contribution in [3.8, 4) is 0 Å². The van der Waals surface area contributed by atoms with Gasteiger partial charge in [0.25, 0.3) is 0 Å². The van der Waals surface area contributed by atoms with E-state index in [1.807, 2.05) is 6.08 Å². The highest BCUT2D eigenvalue weighted by atomic mass is 35.5. The van der Waals surface area contributed by atoms with Gasteiger partial charge in [0.05, 0.1) is 0 Å². The Morgan fingerprint density at radius 3 is 2.70 bits per heavy atom. The van der Waals surface area contributed by atoms with Crippen LogP contribution >= 0.6 is 11.6 Å². The Labute approximate surface area is 66.8 Å². The van der Waals surface area contributed by atoms with E-state index in [4.69, 9.17) is 11.6 Å². The summed E-state index contributed by atoms with van der Waals surface area (Å²) in [5.41, 5.74) is 1.59. The van der Waals surface area contributed by atoms with E-state index >= 15 is 0 Å². The summed E-state index contributed by atoms with van der Waals surface area (Å²) in [5.74, 6) is 0. The number of nitrogens with one attached hydrogen (secondary N) is 1. The predicted octanol–water partition coefficient (Wildman–Crippen LogP) is 0.644. The molecule has 2 nitrogen and oxygen atoms in total. The van der Waals surface area contributed by atoms with E-state index in [0.29, 0.717) is 0 Å². The maximum Gasteiger partial charge on any atom is 0.0175 e. The Morgan fingerprint density at radius 2 is 2.10 bits per heavy atom. The average molecular weight is 161 g/mol. The highest BCUT2D eigenvalue weighted by Crippen LogP contribution is 1.92. The zero-order valence-corrected chi connectivity index (χ0v) is 6.77. The van der Waals surface area contributed by atoms with Crippen molar-refractivity contribution in [2.75, 3.05) is 32.7 Å². The van der Waals surface area contributed by atoms with Gasteiger partial charge >= 0.3 is 0 Å². The molecular weight excluding hydrogens is 148 g/mol. The van der Waals surface area contributed by atoms with E-state index < -0.39 is 0 Å².